The molecule has 0 bridgehead atoms. The number of hydrogen-bond donors (Lipinski definition) is 0. The van der Waals surface area contributed by atoms with Crippen LogP contribution in [0.2, 0.25) is 0 Å². The molecule has 88 valence electrons. The number of rotatable bonds is 5. The number of allylic oxidation sites excluding steroid dienone is 1. The van der Waals surface area contributed by atoms with Crippen LogP contribution in [0.25, 0.3) is 0 Å². The molecule has 0 radical (unpaired) electrons. The van der Waals surface area contributed by atoms with Crippen molar-refractivity contribution in [2.75, 3.05) is 0 Å². The van der Waals surface area contributed by atoms with Crippen molar-refractivity contribution in [3.8, 4) is 0 Å². The van der Waals surface area contributed by atoms with Gasteiger partial charge in [0.2, 0.25) is 0 Å². The van der Waals surface area contributed by atoms with E-state index in [0.29, 0.717) is 5.92 Å². The second-order valence-corrected chi connectivity index (χ2v) is 4.74. The lowest BCUT2D eigenvalue weighted by Crippen LogP contribution is -2.32. The molecule has 1 saturated heterocycles. The molecule has 0 aromatic rings. The van der Waals surface area contributed by atoms with E-state index in [9.17, 15) is 0 Å². The van der Waals surface area contributed by atoms with Crippen LogP contribution in [0.1, 0.15) is 47.0 Å². The molecule has 1 heterocycles. The van der Waals surface area contributed by atoms with E-state index in [4.69, 9.17) is 9.47 Å². The van der Waals surface area contributed by atoms with Crippen LogP contribution in [0.4, 0.5) is 0 Å². The van der Waals surface area contributed by atoms with Crippen LogP contribution in [-0.4, -0.2) is 18.0 Å². The van der Waals surface area contributed by atoms with Gasteiger partial charge in [0.05, 0.1) is 12.2 Å². The average molecular weight is 212 g/mol. The van der Waals surface area contributed by atoms with Gasteiger partial charge in [-0.15, -0.1) is 6.58 Å². The summed E-state index contributed by atoms with van der Waals surface area (Å²) in [4.78, 5) is 0. The van der Waals surface area contributed by atoms with Crippen molar-refractivity contribution in [1.29, 1.82) is 0 Å². The SMILES string of the molecule is C=CC[C@@H](C)CC1(CC)O[C@H](C)[C@@H](C)O1. The molecular weight excluding hydrogens is 188 g/mol. The zero-order valence-electron chi connectivity index (χ0n) is 10.5. The van der Waals surface area contributed by atoms with Crippen molar-refractivity contribution in [1.82, 2.24) is 0 Å². The maximum atomic E-state index is 5.97. The molecule has 0 aromatic carbocycles. The lowest BCUT2D eigenvalue weighted by atomic mass is 9.96. The van der Waals surface area contributed by atoms with Crippen molar-refractivity contribution in [3.63, 3.8) is 0 Å². The fraction of sp³-hybridized carbons (Fsp3) is 0.846. The Hall–Kier alpha value is -0.340. The van der Waals surface area contributed by atoms with Crippen LogP contribution >= 0.6 is 0 Å². The first-order valence-corrected chi connectivity index (χ1v) is 5.99. The smallest absolute Gasteiger partial charge is 0.169 e. The molecule has 0 spiro atoms. The summed E-state index contributed by atoms with van der Waals surface area (Å²) in [6.45, 7) is 12.3. The maximum absolute atomic E-state index is 5.97. The summed E-state index contributed by atoms with van der Waals surface area (Å²) in [5, 5.41) is 0. The zero-order chi connectivity index (χ0) is 11.5. The van der Waals surface area contributed by atoms with Crippen LogP contribution < -0.4 is 0 Å². The highest BCUT2D eigenvalue weighted by Gasteiger charge is 2.43. The van der Waals surface area contributed by atoms with E-state index in [1.165, 1.54) is 0 Å². The highest BCUT2D eigenvalue weighted by Crippen LogP contribution is 2.37. The molecule has 15 heavy (non-hydrogen) atoms. The van der Waals surface area contributed by atoms with E-state index in [2.05, 4.69) is 34.3 Å². The normalized spacial score (nSPS) is 31.5. The summed E-state index contributed by atoms with van der Waals surface area (Å²) in [5.74, 6) is 0.223. The Morgan fingerprint density at radius 3 is 2.27 bits per heavy atom. The average Bonchev–Trinajstić information content (AvgIpc) is 2.43. The van der Waals surface area contributed by atoms with Gasteiger partial charge < -0.3 is 9.47 Å². The van der Waals surface area contributed by atoms with Gasteiger partial charge in [0.1, 0.15) is 0 Å². The van der Waals surface area contributed by atoms with Crippen molar-refractivity contribution in [2.45, 2.75) is 65.0 Å². The van der Waals surface area contributed by atoms with Gasteiger partial charge in [-0.25, -0.2) is 0 Å². The molecule has 0 aromatic heterocycles. The van der Waals surface area contributed by atoms with Gasteiger partial charge in [0.15, 0.2) is 5.79 Å². The molecule has 0 saturated carbocycles. The first kappa shape index (κ1) is 12.7. The first-order chi connectivity index (χ1) is 7.03. The van der Waals surface area contributed by atoms with E-state index >= 15 is 0 Å². The van der Waals surface area contributed by atoms with Crippen molar-refractivity contribution in [3.05, 3.63) is 12.7 Å². The molecule has 0 amide bonds. The van der Waals surface area contributed by atoms with Crippen LogP contribution in [0, 0.1) is 5.92 Å². The second-order valence-electron chi connectivity index (χ2n) is 4.74. The molecule has 1 aliphatic heterocycles. The van der Waals surface area contributed by atoms with Crippen LogP contribution in [0.5, 0.6) is 0 Å². The summed E-state index contributed by atoms with van der Waals surface area (Å²) < 4.78 is 11.9. The largest absolute Gasteiger partial charge is 0.344 e. The predicted molar refractivity (Wildman–Crippen MR) is 62.7 cm³/mol. The van der Waals surface area contributed by atoms with Crippen LogP contribution in [-0.2, 0) is 9.47 Å². The lowest BCUT2D eigenvalue weighted by molar-refractivity contribution is -0.186. The summed E-state index contributed by atoms with van der Waals surface area (Å²) in [5.41, 5.74) is 0. The number of hydrogen-bond acceptors (Lipinski definition) is 2. The van der Waals surface area contributed by atoms with Gasteiger partial charge in [-0.05, 0) is 32.6 Å². The first-order valence-electron chi connectivity index (χ1n) is 5.99. The molecule has 1 rings (SSSR count). The highest BCUT2D eigenvalue weighted by atomic mass is 16.8. The van der Waals surface area contributed by atoms with Crippen molar-refractivity contribution < 1.29 is 9.47 Å². The Morgan fingerprint density at radius 2 is 1.87 bits per heavy atom. The second kappa shape index (κ2) is 5.13. The fourth-order valence-electron chi connectivity index (χ4n) is 2.20. The minimum Gasteiger partial charge on any atom is -0.344 e. The zero-order valence-corrected chi connectivity index (χ0v) is 10.5. The van der Waals surface area contributed by atoms with Gasteiger partial charge in [-0.3, -0.25) is 0 Å². The Bertz CT molecular complexity index is 203. The molecule has 2 nitrogen and oxygen atoms in total. The van der Waals surface area contributed by atoms with Gasteiger partial charge in [-0.1, -0.05) is 19.9 Å². The maximum Gasteiger partial charge on any atom is 0.169 e. The van der Waals surface area contributed by atoms with Crippen LogP contribution in [0.3, 0.4) is 0 Å². The quantitative estimate of drug-likeness (QED) is 0.649. The summed E-state index contributed by atoms with van der Waals surface area (Å²) >= 11 is 0. The monoisotopic (exact) mass is 212 g/mol. The van der Waals surface area contributed by atoms with Crippen LogP contribution in [0.15, 0.2) is 12.7 Å². The molecule has 3 atom stereocenters. The molecule has 0 unspecified atom stereocenters. The number of ether oxygens (including phenoxy) is 2. The summed E-state index contributed by atoms with van der Waals surface area (Å²) in [7, 11) is 0. The van der Waals surface area contributed by atoms with Gasteiger partial charge in [0.25, 0.3) is 0 Å². The fourth-order valence-corrected chi connectivity index (χ4v) is 2.20. The van der Waals surface area contributed by atoms with E-state index in [-0.39, 0.29) is 18.0 Å². The standard InChI is InChI=1S/C13H24O2/c1-6-8-10(3)9-13(7-2)14-11(4)12(5)15-13/h6,10-12H,1,7-9H2,2-5H3/t10-,11-,12-/m1/s1. The highest BCUT2D eigenvalue weighted by molar-refractivity contribution is 4.84. The van der Waals surface area contributed by atoms with E-state index in [1.807, 2.05) is 6.08 Å². The molecule has 1 aliphatic rings. The Balaban J connectivity index is 2.58. The van der Waals surface area contributed by atoms with E-state index < -0.39 is 0 Å². The molecule has 1 fully saturated rings. The third-order valence-corrected chi connectivity index (χ3v) is 3.23. The van der Waals surface area contributed by atoms with Gasteiger partial charge in [0, 0.05) is 6.42 Å². The van der Waals surface area contributed by atoms with E-state index in [1.54, 1.807) is 0 Å². The Morgan fingerprint density at radius 1 is 1.33 bits per heavy atom. The van der Waals surface area contributed by atoms with Crippen molar-refractivity contribution in [2.24, 2.45) is 5.92 Å². The predicted octanol–water partition coefficient (Wildman–Crippen LogP) is 3.52. The van der Waals surface area contributed by atoms with Gasteiger partial charge >= 0.3 is 0 Å². The Kier molecular flexibility index (Phi) is 4.35. The van der Waals surface area contributed by atoms with Gasteiger partial charge in [-0.2, -0.15) is 0 Å². The summed E-state index contributed by atoms with van der Waals surface area (Å²) in [6, 6.07) is 0. The Labute approximate surface area is 93.7 Å². The molecular formula is C13H24O2. The minimum atomic E-state index is -0.346. The molecule has 0 N–H and O–H groups in total. The molecule has 0 aliphatic carbocycles. The summed E-state index contributed by atoms with van der Waals surface area (Å²) in [6.07, 6.45) is 5.29. The lowest BCUT2D eigenvalue weighted by Gasteiger charge is -2.29. The topological polar surface area (TPSA) is 18.5 Å². The third kappa shape index (κ3) is 3.05. The van der Waals surface area contributed by atoms with Crippen molar-refractivity contribution >= 4 is 0 Å². The molecule has 2 heteroatoms. The minimum absolute atomic E-state index is 0.209. The third-order valence-electron chi connectivity index (χ3n) is 3.23. The van der Waals surface area contributed by atoms with E-state index in [0.717, 1.165) is 19.3 Å².